The Bertz CT molecular complexity index is 353. The van der Waals surface area contributed by atoms with Crippen molar-refractivity contribution in [3.63, 3.8) is 0 Å². The molecule has 1 rings (SSSR count). The molecule has 0 aliphatic heterocycles. The second-order valence-electron chi connectivity index (χ2n) is 3.34. The molecule has 0 spiro atoms. The van der Waals surface area contributed by atoms with Gasteiger partial charge in [-0.25, -0.2) is 0 Å². The van der Waals surface area contributed by atoms with Crippen LogP contribution >= 0.6 is 0 Å². The molecule has 0 amide bonds. The van der Waals surface area contributed by atoms with Crippen molar-refractivity contribution in [3.05, 3.63) is 45.5 Å². The first-order valence-corrected chi connectivity index (χ1v) is 4.56. The number of hydrogen-bond acceptors (Lipinski definition) is 4. The van der Waals surface area contributed by atoms with Crippen LogP contribution in [0.4, 0.5) is 0 Å². The quantitative estimate of drug-likeness (QED) is 0.566. The Morgan fingerprint density at radius 2 is 2.07 bits per heavy atom. The molecule has 82 valence electrons. The van der Waals surface area contributed by atoms with Crippen LogP contribution in [0, 0.1) is 17.0 Å². The summed E-state index contributed by atoms with van der Waals surface area (Å²) in [7, 11) is 0. The standard InChI is InChI=1S/C10H13NO4/c1-7-4-2-3-5-8(7)10(13)9(6-12)11(14)15/h2-5,9-10,12-13H,6H2,1H3/t9-,10-/m1/s1. The fraction of sp³-hybridized carbons (Fsp3) is 0.400. The SMILES string of the molecule is Cc1ccccc1[C@@H](O)[C@@H](CO)[N+](=O)[O-]. The van der Waals surface area contributed by atoms with Crippen LogP contribution in [0.25, 0.3) is 0 Å². The largest absolute Gasteiger partial charge is 0.389 e. The number of nitro groups is 1. The molecule has 0 fully saturated rings. The van der Waals surface area contributed by atoms with Crippen LogP contribution in [-0.4, -0.2) is 27.8 Å². The van der Waals surface area contributed by atoms with Crippen LogP contribution in [0.3, 0.4) is 0 Å². The minimum Gasteiger partial charge on any atom is -0.389 e. The maximum absolute atomic E-state index is 10.5. The minimum absolute atomic E-state index is 0.480. The summed E-state index contributed by atoms with van der Waals surface area (Å²) in [4.78, 5) is 9.87. The highest BCUT2D eigenvalue weighted by Crippen LogP contribution is 2.21. The van der Waals surface area contributed by atoms with Crippen molar-refractivity contribution in [1.29, 1.82) is 0 Å². The summed E-state index contributed by atoms with van der Waals surface area (Å²) < 4.78 is 0. The van der Waals surface area contributed by atoms with Crippen LogP contribution in [0.5, 0.6) is 0 Å². The molecule has 0 heterocycles. The Morgan fingerprint density at radius 1 is 1.47 bits per heavy atom. The van der Waals surface area contributed by atoms with E-state index in [4.69, 9.17) is 5.11 Å². The van der Waals surface area contributed by atoms with Crippen LogP contribution in [0.15, 0.2) is 24.3 Å². The summed E-state index contributed by atoms with van der Waals surface area (Å²) in [6.07, 6.45) is -1.27. The first kappa shape index (κ1) is 11.6. The van der Waals surface area contributed by atoms with Gasteiger partial charge in [0.15, 0.2) is 0 Å². The third-order valence-electron chi connectivity index (χ3n) is 2.33. The van der Waals surface area contributed by atoms with E-state index in [1.165, 1.54) is 0 Å². The van der Waals surface area contributed by atoms with Crippen LogP contribution in [0.2, 0.25) is 0 Å². The molecule has 0 bridgehead atoms. The first-order chi connectivity index (χ1) is 7.07. The second-order valence-corrected chi connectivity index (χ2v) is 3.34. The van der Waals surface area contributed by atoms with Gasteiger partial charge in [-0.3, -0.25) is 10.1 Å². The molecule has 5 nitrogen and oxygen atoms in total. The molecule has 1 aromatic rings. The molecule has 0 unspecified atom stereocenters. The molecule has 2 N–H and O–H groups in total. The highest BCUT2D eigenvalue weighted by Gasteiger charge is 2.30. The number of hydrogen-bond donors (Lipinski definition) is 2. The topological polar surface area (TPSA) is 83.6 Å². The molecule has 0 aliphatic carbocycles. The van der Waals surface area contributed by atoms with Gasteiger partial charge in [-0.2, -0.15) is 0 Å². The van der Waals surface area contributed by atoms with Gasteiger partial charge in [0.05, 0.1) is 0 Å². The lowest BCUT2D eigenvalue weighted by molar-refractivity contribution is -0.539. The molecule has 1 aromatic carbocycles. The molecule has 15 heavy (non-hydrogen) atoms. The van der Waals surface area contributed by atoms with Crippen molar-refractivity contribution < 1.29 is 15.1 Å². The molecule has 0 saturated carbocycles. The molecular weight excluding hydrogens is 198 g/mol. The van der Waals surface area contributed by atoms with Crippen molar-refractivity contribution in [2.45, 2.75) is 19.1 Å². The van der Waals surface area contributed by atoms with Gasteiger partial charge in [0.2, 0.25) is 0 Å². The monoisotopic (exact) mass is 211 g/mol. The van der Waals surface area contributed by atoms with Crippen LogP contribution < -0.4 is 0 Å². The van der Waals surface area contributed by atoms with Crippen molar-refractivity contribution in [1.82, 2.24) is 0 Å². The molecule has 0 aromatic heterocycles. The van der Waals surface area contributed by atoms with E-state index < -0.39 is 23.7 Å². The fourth-order valence-electron chi connectivity index (χ4n) is 1.41. The third kappa shape index (κ3) is 2.51. The predicted octanol–water partition coefficient (Wildman–Crippen LogP) is 0.666. The van der Waals surface area contributed by atoms with Crippen molar-refractivity contribution in [2.75, 3.05) is 6.61 Å². The van der Waals surface area contributed by atoms with Crippen LogP contribution in [0.1, 0.15) is 17.2 Å². The average molecular weight is 211 g/mol. The number of aliphatic hydroxyl groups excluding tert-OH is 2. The summed E-state index contributed by atoms with van der Waals surface area (Å²) >= 11 is 0. The van der Waals surface area contributed by atoms with Gasteiger partial charge in [0.25, 0.3) is 6.04 Å². The highest BCUT2D eigenvalue weighted by atomic mass is 16.6. The lowest BCUT2D eigenvalue weighted by atomic mass is 9.99. The Kier molecular flexibility index (Phi) is 3.76. The van der Waals surface area contributed by atoms with E-state index in [1.54, 1.807) is 31.2 Å². The van der Waals surface area contributed by atoms with Crippen molar-refractivity contribution >= 4 is 0 Å². The van der Waals surface area contributed by atoms with E-state index >= 15 is 0 Å². The molecule has 0 saturated heterocycles. The van der Waals surface area contributed by atoms with Crippen LogP contribution in [-0.2, 0) is 0 Å². The van der Waals surface area contributed by atoms with E-state index in [2.05, 4.69) is 0 Å². The molecule has 5 heteroatoms. The van der Waals surface area contributed by atoms with E-state index in [0.717, 1.165) is 5.56 Å². The van der Waals surface area contributed by atoms with Crippen molar-refractivity contribution in [3.8, 4) is 0 Å². The number of aliphatic hydroxyl groups is 2. The van der Waals surface area contributed by atoms with Gasteiger partial charge in [-0.15, -0.1) is 0 Å². The molecular formula is C10H13NO4. The summed E-state index contributed by atoms with van der Waals surface area (Å²) in [5.74, 6) is 0. The molecule has 0 radical (unpaired) electrons. The average Bonchev–Trinajstić information content (AvgIpc) is 2.18. The highest BCUT2D eigenvalue weighted by molar-refractivity contribution is 5.28. The van der Waals surface area contributed by atoms with E-state index in [-0.39, 0.29) is 0 Å². The summed E-state index contributed by atoms with van der Waals surface area (Å²) in [6.45, 7) is 1.08. The predicted molar refractivity (Wildman–Crippen MR) is 54.0 cm³/mol. The third-order valence-corrected chi connectivity index (χ3v) is 2.33. The summed E-state index contributed by atoms with van der Waals surface area (Å²) in [5, 5.41) is 29.1. The normalized spacial score (nSPS) is 14.6. The minimum atomic E-state index is -1.37. The summed E-state index contributed by atoms with van der Waals surface area (Å²) in [6, 6.07) is 5.48. The first-order valence-electron chi connectivity index (χ1n) is 4.56. The second kappa shape index (κ2) is 4.86. The van der Waals surface area contributed by atoms with Gasteiger partial charge in [-0.05, 0) is 18.1 Å². The Hall–Kier alpha value is -1.46. The van der Waals surface area contributed by atoms with E-state index in [1.807, 2.05) is 0 Å². The number of benzene rings is 1. The Morgan fingerprint density at radius 3 is 2.53 bits per heavy atom. The van der Waals surface area contributed by atoms with E-state index in [9.17, 15) is 15.2 Å². The van der Waals surface area contributed by atoms with Gasteiger partial charge < -0.3 is 10.2 Å². The zero-order chi connectivity index (χ0) is 11.4. The smallest absolute Gasteiger partial charge is 0.265 e. The number of aryl methyl sites for hydroxylation is 1. The van der Waals surface area contributed by atoms with Crippen molar-refractivity contribution in [2.24, 2.45) is 0 Å². The maximum atomic E-state index is 10.5. The fourth-order valence-corrected chi connectivity index (χ4v) is 1.41. The lowest BCUT2D eigenvalue weighted by Gasteiger charge is -2.16. The zero-order valence-corrected chi connectivity index (χ0v) is 8.33. The summed E-state index contributed by atoms with van der Waals surface area (Å²) in [5.41, 5.74) is 1.25. The van der Waals surface area contributed by atoms with Gasteiger partial charge >= 0.3 is 0 Å². The van der Waals surface area contributed by atoms with E-state index in [0.29, 0.717) is 5.56 Å². The molecule has 2 atom stereocenters. The lowest BCUT2D eigenvalue weighted by Crippen LogP contribution is -2.31. The number of rotatable bonds is 4. The van der Waals surface area contributed by atoms with Gasteiger partial charge in [-0.1, -0.05) is 24.3 Å². The zero-order valence-electron chi connectivity index (χ0n) is 8.33. The number of nitrogens with zero attached hydrogens (tertiary/aromatic N) is 1. The Labute approximate surface area is 87.1 Å². The maximum Gasteiger partial charge on any atom is 0.265 e. The van der Waals surface area contributed by atoms with Gasteiger partial charge in [0, 0.05) is 4.92 Å². The molecule has 0 aliphatic rings. The Balaban J connectivity index is 2.97. The van der Waals surface area contributed by atoms with Gasteiger partial charge in [0.1, 0.15) is 12.7 Å².